The number of thiophene rings is 1. The van der Waals surface area contributed by atoms with Crippen LogP contribution in [0.2, 0.25) is 0 Å². The number of carbonyl (C=O) groups excluding carboxylic acids is 1. The monoisotopic (exact) mass is 394 g/mol. The molecule has 0 N–H and O–H groups in total. The van der Waals surface area contributed by atoms with E-state index < -0.39 is 5.97 Å². The maximum atomic E-state index is 13.1. The molecule has 0 aliphatic carbocycles. The van der Waals surface area contributed by atoms with E-state index in [1.54, 1.807) is 24.3 Å². The molecule has 8 heteroatoms. The number of fused-ring (bicyclic) bond motifs is 3. The number of hydrogen-bond acceptors (Lipinski definition) is 7. The van der Waals surface area contributed by atoms with E-state index in [4.69, 9.17) is 4.74 Å². The maximum Gasteiger partial charge on any atom is 0.338 e. The zero-order valence-corrected chi connectivity index (χ0v) is 16.5. The molecule has 28 heavy (non-hydrogen) atoms. The third kappa shape index (κ3) is 3.05. The summed E-state index contributed by atoms with van der Waals surface area (Å²) < 4.78 is 6.86. The summed E-state index contributed by atoms with van der Waals surface area (Å²) in [4.78, 5) is 30.5. The van der Waals surface area contributed by atoms with Crippen molar-refractivity contribution in [3.8, 4) is 5.69 Å². The fourth-order valence-corrected chi connectivity index (χ4v) is 4.26. The van der Waals surface area contributed by atoms with Crippen LogP contribution in [0.25, 0.3) is 26.1 Å². The van der Waals surface area contributed by atoms with Crippen LogP contribution in [-0.2, 0) is 4.74 Å². The molecule has 0 aliphatic rings. The third-order valence-electron chi connectivity index (χ3n) is 4.35. The Hall–Kier alpha value is -3.13. The van der Waals surface area contributed by atoms with Gasteiger partial charge in [-0.3, -0.25) is 4.79 Å². The zero-order chi connectivity index (χ0) is 19.8. The lowest BCUT2D eigenvalue weighted by molar-refractivity contribution is 0.0505. The number of ether oxygens (including phenoxy) is 1. The van der Waals surface area contributed by atoms with Gasteiger partial charge in [0.2, 0.25) is 0 Å². The molecule has 0 saturated heterocycles. The van der Waals surface area contributed by atoms with Crippen LogP contribution in [0.1, 0.15) is 35.0 Å². The van der Waals surface area contributed by atoms with Crippen LogP contribution in [0.5, 0.6) is 0 Å². The number of carbonyl (C=O) groups is 1. The molecule has 142 valence electrons. The van der Waals surface area contributed by atoms with E-state index in [0.717, 1.165) is 27.9 Å². The number of aromatic nitrogens is 4. The van der Waals surface area contributed by atoms with Crippen molar-refractivity contribution >= 4 is 37.7 Å². The molecular formula is C20H18N4O3S. The molecule has 0 unspecified atom stereocenters. The predicted molar refractivity (Wildman–Crippen MR) is 108 cm³/mol. The largest absolute Gasteiger partial charge is 0.462 e. The lowest BCUT2D eigenvalue weighted by atomic mass is 10.1. The van der Waals surface area contributed by atoms with Gasteiger partial charge in [-0.2, -0.15) is 4.68 Å². The lowest BCUT2D eigenvalue weighted by Gasteiger charge is -2.06. The SMILES string of the molecule is CCCOC(=O)c1cccc(-n2nnc3c(sc4nc(C)cc(C)c43)c2=O)c1. The first-order valence-electron chi connectivity index (χ1n) is 8.93. The van der Waals surface area contributed by atoms with Gasteiger partial charge in [0, 0.05) is 11.1 Å². The van der Waals surface area contributed by atoms with Gasteiger partial charge >= 0.3 is 5.97 Å². The fourth-order valence-electron chi connectivity index (χ4n) is 3.10. The van der Waals surface area contributed by atoms with Gasteiger partial charge in [0.1, 0.15) is 15.0 Å². The van der Waals surface area contributed by atoms with Gasteiger partial charge in [-0.15, -0.1) is 16.4 Å². The third-order valence-corrected chi connectivity index (χ3v) is 5.41. The zero-order valence-electron chi connectivity index (χ0n) is 15.7. The molecule has 3 aromatic heterocycles. The van der Waals surface area contributed by atoms with Crippen LogP contribution in [0.3, 0.4) is 0 Å². The lowest BCUT2D eigenvalue weighted by Crippen LogP contribution is -2.22. The van der Waals surface area contributed by atoms with Crippen molar-refractivity contribution in [3.63, 3.8) is 0 Å². The van der Waals surface area contributed by atoms with Gasteiger partial charge in [-0.05, 0) is 50.1 Å². The summed E-state index contributed by atoms with van der Waals surface area (Å²) in [6.07, 6.45) is 0.742. The van der Waals surface area contributed by atoms with Gasteiger partial charge in [-0.25, -0.2) is 9.78 Å². The van der Waals surface area contributed by atoms with Gasteiger partial charge in [0.15, 0.2) is 0 Å². The van der Waals surface area contributed by atoms with Crippen LogP contribution in [0, 0.1) is 13.8 Å². The summed E-state index contributed by atoms with van der Waals surface area (Å²) in [5.41, 5.74) is 3.01. The summed E-state index contributed by atoms with van der Waals surface area (Å²) in [6, 6.07) is 8.59. The van der Waals surface area contributed by atoms with E-state index in [2.05, 4.69) is 15.3 Å². The minimum atomic E-state index is -0.428. The number of aryl methyl sites for hydroxylation is 2. The van der Waals surface area contributed by atoms with Crippen molar-refractivity contribution in [1.29, 1.82) is 0 Å². The van der Waals surface area contributed by atoms with E-state index >= 15 is 0 Å². The highest BCUT2D eigenvalue weighted by Crippen LogP contribution is 2.31. The molecule has 1 aromatic carbocycles. The summed E-state index contributed by atoms with van der Waals surface area (Å²) in [7, 11) is 0. The number of rotatable bonds is 4. The minimum absolute atomic E-state index is 0.288. The molecule has 4 aromatic rings. The molecule has 0 spiro atoms. The van der Waals surface area contributed by atoms with E-state index in [9.17, 15) is 9.59 Å². The van der Waals surface area contributed by atoms with Gasteiger partial charge in [-0.1, -0.05) is 18.2 Å². The predicted octanol–water partition coefficient (Wildman–Crippen LogP) is 3.57. The average molecular weight is 394 g/mol. The number of benzene rings is 1. The second-order valence-electron chi connectivity index (χ2n) is 6.53. The Morgan fingerprint density at radius 2 is 2.07 bits per heavy atom. The number of pyridine rings is 1. The molecule has 0 radical (unpaired) electrons. The molecular weight excluding hydrogens is 376 g/mol. The Kier molecular flexibility index (Phi) is 4.64. The highest BCUT2D eigenvalue weighted by atomic mass is 32.1. The van der Waals surface area contributed by atoms with E-state index in [1.165, 1.54) is 16.0 Å². The van der Waals surface area contributed by atoms with Gasteiger partial charge in [0.05, 0.1) is 17.9 Å². The molecule has 0 saturated carbocycles. The summed E-state index contributed by atoms with van der Waals surface area (Å²) in [5, 5.41) is 9.25. The number of nitrogens with zero attached hydrogens (tertiary/aromatic N) is 4. The molecule has 0 bridgehead atoms. The van der Waals surface area contributed by atoms with Gasteiger partial charge < -0.3 is 4.74 Å². The van der Waals surface area contributed by atoms with Crippen LogP contribution >= 0.6 is 11.3 Å². The first-order chi connectivity index (χ1) is 13.5. The van der Waals surface area contributed by atoms with Crippen molar-refractivity contribution in [1.82, 2.24) is 20.0 Å². The Morgan fingerprint density at radius 3 is 2.86 bits per heavy atom. The highest BCUT2D eigenvalue weighted by Gasteiger charge is 2.17. The Bertz CT molecular complexity index is 1280. The summed E-state index contributed by atoms with van der Waals surface area (Å²) >= 11 is 1.31. The molecule has 0 aliphatic heterocycles. The van der Waals surface area contributed by atoms with Crippen molar-refractivity contribution in [2.75, 3.05) is 6.61 Å². The van der Waals surface area contributed by atoms with Crippen LogP contribution in [0.15, 0.2) is 35.1 Å². The second kappa shape index (κ2) is 7.12. The highest BCUT2D eigenvalue weighted by molar-refractivity contribution is 7.25. The summed E-state index contributed by atoms with van der Waals surface area (Å²) in [5.74, 6) is -0.428. The number of esters is 1. The topological polar surface area (TPSA) is 87.0 Å². The average Bonchev–Trinajstić information content (AvgIpc) is 3.06. The quantitative estimate of drug-likeness (QED) is 0.492. The van der Waals surface area contributed by atoms with Crippen LogP contribution < -0.4 is 5.56 Å². The standard InChI is InChI=1S/C20H18N4O3S/c1-4-8-27-20(26)13-6-5-7-14(10-13)24-19(25)17-16(22-23-24)15-11(2)9-12(3)21-18(15)28-17/h5-7,9-10H,4,8H2,1-3H3. The van der Waals surface area contributed by atoms with Crippen molar-refractivity contribution in [2.24, 2.45) is 0 Å². The maximum absolute atomic E-state index is 13.1. The summed E-state index contributed by atoms with van der Waals surface area (Å²) in [6.45, 7) is 6.17. The smallest absolute Gasteiger partial charge is 0.338 e. The first kappa shape index (κ1) is 18.2. The Labute approximate surface area is 164 Å². The van der Waals surface area contributed by atoms with E-state index in [-0.39, 0.29) is 5.56 Å². The van der Waals surface area contributed by atoms with Gasteiger partial charge in [0.25, 0.3) is 5.56 Å². The van der Waals surface area contributed by atoms with Crippen molar-refractivity contribution in [2.45, 2.75) is 27.2 Å². The molecule has 0 atom stereocenters. The molecule has 3 heterocycles. The van der Waals surface area contributed by atoms with Crippen LogP contribution in [0.4, 0.5) is 0 Å². The van der Waals surface area contributed by atoms with Crippen molar-refractivity contribution in [3.05, 3.63) is 57.5 Å². The van der Waals surface area contributed by atoms with Crippen molar-refractivity contribution < 1.29 is 9.53 Å². The van der Waals surface area contributed by atoms with Crippen LogP contribution in [-0.4, -0.2) is 32.6 Å². The molecule has 0 fully saturated rings. The molecule has 4 rings (SSSR count). The molecule has 0 amide bonds. The molecule has 7 nitrogen and oxygen atoms in total. The fraction of sp³-hybridized carbons (Fsp3) is 0.250. The number of hydrogen-bond donors (Lipinski definition) is 0. The second-order valence-corrected chi connectivity index (χ2v) is 7.53. The minimum Gasteiger partial charge on any atom is -0.462 e. The van der Waals surface area contributed by atoms with E-state index in [0.29, 0.717) is 28.1 Å². The first-order valence-corrected chi connectivity index (χ1v) is 9.75. The Morgan fingerprint density at radius 1 is 1.25 bits per heavy atom. The Balaban J connectivity index is 1.85. The normalized spacial score (nSPS) is 11.2. The van der Waals surface area contributed by atoms with E-state index in [1.807, 2.05) is 26.8 Å².